The van der Waals surface area contributed by atoms with Crippen LogP contribution in [-0.4, -0.2) is 25.6 Å². The molecule has 0 saturated heterocycles. The predicted molar refractivity (Wildman–Crippen MR) is 137 cm³/mol. The van der Waals surface area contributed by atoms with Crippen LogP contribution in [-0.2, 0) is 21.2 Å². The molecule has 7 nitrogen and oxygen atoms in total. The molecule has 0 unspecified atom stereocenters. The van der Waals surface area contributed by atoms with Gasteiger partial charge in [-0.2, -0.15) is 5.26 Å². The van der Waals surface area contributed by atoms with Crippen molar-refractivity contribution in [1.82, 2.24) is 10.3 Å². The van der Waals surface area contributed by atoms with E-state index in [-0.39, 0.29) is 24.4 Å². The van der Waals surface area contributed by atoms with Gasteiger partial charge in [0, 0.05) is 10.9 Å². The normalized spacial score (nSPS) is 12.0. The second kappa shape index (κ2) is 10.4. The monoisotopic (exact) mass is 484 g/mol. The highest BCUT2D eigenvalue weighted by Crippen LogP contribution is 2.35. The van der Waals surface area contributed by atoms with Crippen molar-refractivity contribution in [2.45, 2.75) is 18.9 Å². The Balaban J connectivity index is 1.81. The summed E-state index contributed by atoms with van der Waals surface area (Å²) in [6.07, 6.45) is 1.07. The van der Waals surface area contributed by atoms with Crippen molar-refractivity contribution in [1.29, 1.82) is 5.26 Å². The number of pyridine rings is 1. The lowest BCUT2D eigenvalue weighted by Crippen LogP contribution is -2.30. The van der Waals surface area contributed by atoms with Gasteiger partial charge in [-0.05, 0) is 17.2 Å². The number of amides is 1. The molecule has 0 spiro atoms. The van der Waals surface area contributed by atoms with Gasteiger partial charge in [0.05, 0.1) is 48.1 Å². The molecule has 1 amide bonds. The number of anilines is 1. The Labute approximate surface area is 204 Å². The van der Waals surface area contributed by atoms with Crippen LogP contribution >= 0.6 is 0 Å². The van der Waals surface area contributed by atoms with Gasteiger partial charge in [-0.1, -0.05) is 78.9 Å². The largest absolute Gasteiger partial charge is 0.348 e. The van der Waals surface area contributed by atoms with Gasteiger partial charge in [-0.25, -0.2) is 13.4 Å². The zero-order valence-corrected chi connectivity index (χ0v) is 19.9. The van der Waals surface area contributed by atoms with E-state index in [0.29, 0.717) is 22.2 Å². The number of sulfonamides is 1. The van der Waals surface area contributed by atoms with E-state index in [1.807, 2.05) is 84.9 Å². The molecule has 1 atom stereocenters. The number of rotatable bonds is 8. The second-order valence-electron chi connectivity index (χ2n) is 8.14. The molecule has 8 heteroatoms. The molecule has 4 aromatic rings. The molecule has 176 valence electrons. The maximum atomic E-state index is 13.3. The highest BCUT2D eigenvalue weighted by atomic mass is 32.2. The summed E-state index contributed by atoms with van der Waals surface area (Å²) in [5.41, 5.74) is 3.41. The van der Waals surface area contributed by atoms with Crippen molar-refractivity contribution in [3.63, 3.8) is 0 Å². The number of nitrogens with zero attached hydrogens (tertiary/aromatic N) is 2. The van der Waals surface area contributed by atoms with Gasteiger partial charge in [0.1, 0.15) is 0 Å². The Hall–Kier alpha value is -4.22. The highest BCUT2D eigenvalue weighted by Gasteiger charge is 2.22. The third kappa shape index (κ3) is 5.83. The summed E-state index contributed by atoms with van der Waals surface area (Å²) in [4.78, 5) is 18.0. The van der Waals surface area contributed by atoms with Gasteiger partial charge in [-0.15, -0.1) is 0 Å². The fourth-order valence-electron chi connectivity index (χ4n) is 4.00. The number of hydrogen-bond acceptors (Lipinski definition) is 5. The Morgan fingerprint density at radius 2 is 1.60 bits per heavy atom. The lowest BCUT2D eigenvalue weighted by molar-refractivity contribution is -0.121. The Kier molecular flexibility index (Phi) is 7.09. The minimum absolute atomic E-state index is 0.102. The van der Waals surface area contributed by atoms with Gasteiger partial charge in [0.2, 0.25) is 15.9 Å². The van der Waals surface area contributed by atoms with E-state index in [1.54, 1.807) is 0 Å². The van der Waals surface area contributed by atoms with Crippen molar-refractivity contribution >= 4 is 32.5 Å². The number of para-hydroxylation sites is 1. The lowest BCUT2D eigenvalue weighted by Gasteiger charge is -2.20. The minimum Gasteiger partial charge on any atom is -0.348 e. The van der Waals surface area contributed by atoms with Crippen LogP contribution in [0.15, 0.2) is 84.9 Å². The number of carbonyl (C=O) groups is 1. The maximum Gasteiger partial charge on any atom is 0.229 e. The van der Waals surface area contributed by atoms with Gasteiger partial charge >= 0.3 is 0 Å². The van der Waals surface area contributed by atoms with E-state index in [2.05, 4.69) is 16.1 Å². The van der Waals surface area contributed by atoms with Crippen LogP contribution in [0.4, 0.5) is 5.69 Å². The summed E-state index contributed by atoms with van der Waals surface area (Å²) in [6.45, 7) is 0. The summed E-state index contributed by atoms with van der Waals surface area (Å²) in [5.74, 6) is -0.332. The first-order chi connectivity index (χ1) is 16.9. The van der Waals surface area contributed by atoms with Crippen molar-refractivity contribution in [3.05, 3.63) is 96.1 Å². The fraction of sp³-hybridized carbons (Fsp3) is 0.148. The molecule has 0 radical (unpaired) electrons. The van der Waals surface area contributed by atoms with Crippen LogP contribution in [0.25, 0.3) is 22.2 Å². The van der Waals surface area contributed by atoms with E-state index in [4.69, 9.17) is 4.98 Å². The molecule has 4 rings (SSSR count). The lowest BCUT2D eigenvalue weighted by atomic mass is 9.98. The van der Waals surface area contributed by atoms with Crippen LogP contribution < -0.4 is 10.0 Å². The summed E-state index contributed by atoms with van der Waals surface area (Å²) in [7, 11) is -3.67. The highest BCUT2D eigenvalue weighted by molar-refractivity contribution is 7.92. The summed E-state index contributed by atoms with van der Waals surface area (Å²) in [5, 5.41) is 12.9. The third-order valence-corrected chi connectivity index (χ3v) is 6.08. The molecule has 35 heavy (non-hydrogen) atoms. The quantitative estimate of drug-likeness (QED) is 0.380. The van der Waals surface area contributed by atoms with E-state index >= 15 is 0 Å². The van der Waals surface area contributed by atoms with Crippen LogP contribution in [0.1, 0.15) is 23.6 Å². The molecule has 0 saturated carbocycles. The first-order valence-corrected chi connectivity index (χ1v) is 12.9. The van der Waals surface area contributed by atoms with Gasteiger partial charge in [0.15, 0.2) is 0 Å². The maximum absolute atomic E-state index is 13.3. The average Bonchev–Trinajstić information content (AvgIpc) is 2.85. The standard InChI is InChI=1S/C27H24N4O3S/c1-35(33,34)31-27-22(18-25(32)29-23(16-17-28)19-10-4-2-5-11-19)21-14-8-9-15-24(21)30-26(27)20-12-6-3-7-13-20/h2-15,23,31H,16,18H2,1H3,(H,29,32)/t23-/m0/s1. The molecule has 3 aromatic carbocycles. The molecule has 1 aromatic heterocycles. The Morgan fingerprint density at radius 3 is 2.26 bits per heavy atom. The van der Waals surface area contributed by atoms with E-state index in [1.165, 1.54) is 0 Å². The number of carbonyl (C=O) groups excluding carboxylic acids is 1. The van der Waals surface area contributed by atoms with Crippen molar-refractivity contribution < 1.29 is 13.2 Å². The van der Waals surface area contributed by atoms with Crippen LogP contribution in [0.2, 0.25) is 0 Å². The molecular weight excluding hydrogens is 460 g/mol. The SMILES string of the molecule is CS(=O)(=O)Nc1c(-c2ccccc2)nc2ccccc2c1CC(=O)N[C@@H](CC#N)c1ccccc1. The number of benzene rings is 3. The number of aromatic nitrogens is 1. The van der Waals surface area contributed by atoms with Crippen molar-refractivity contribution in [2.75, 3.05) is 11.0 Å². The van der Waals surface area contributed by atoms with Gasteiger partial charge in [-0.3, -0.25) is 9.52 Å². The van der Waals surface area contributed by atoms with Gasteiger partial charge < -0.3 is 5.32 Å². The smallest absolute Gasteiger partial charge is 0.229 e. The summed E-state index contributed by atoms with van der Waals surface area (Å²) < 4.78 is 27.3. The van der Waals surface area contributed by atoms with Crippen LogP contribution in [0, 0.1) is 11.3 Å². The number of hydrogen-bond donors (Lipinski definition) is 2. The number of nitrogens with one attached hydrogen (secondary N) is 2. The fourth-order valence-corrected chi connectivity index (χ4v) is 4.59. The number of fused-ring (bicyclic) bond motifs is 1. The molecule has 0 aliphatic carbocycles. The zero-order valence-electron chi connectivity index (χ0n) is 19.1. The first-order valence-electron chi connectivity index (χ1n) is 11.0. The summed E-state index contributed by atoms with van der Waals surface area (Å²) in [6, 6.07) is 27.5. The predicted octanol–water partition coefficient (Wildman–Crippen LogP) is 4.59. The molecule has 0 fully saturated rings. The van der Waals surface area contributed by atoms with E-state index in [9.17, 15) is 18.5 Å². The molecule has 1 heterocycles. The average molecular weight is 485 g/mol. The van der Waals surface area contributed by atoms with Crippen molar-refractivity contribution in [3.8, 4) is 17.3 Å². The third-order valence-electron chi connectivity index (χ3n) is 5.50. The Bertz CT molecular complexity index is 1500. The minimum atomic E-state index is -3.67. The van der Waals surface area contributed by atoms with Crippen LogP contribution in [0.5, 0.6) is 0 Å². The van der Waals surface area contributed by atoms with E-state index in [0.717, 1.165) is 17.4 Å². The Morgan fingerprint density at radius 1 is 0.971 bits per heavy atom. The molecule has 2 N–H and O–H groups in total. The van der Waals surface area contributed by atoms with Crippen molar-refractivity contribution in [2.24, 2.45) is 0 Å². The van der Waals surface area contributed by atoms with Crippen LogP contribution in [0.3, 0.4) is 0 Å². The zero-order chi connectivity index (χ0) is 24.8. The number of nitriles is 1. The molecular formula is C27H24N4O3S. The topological polar surface area (TPSA) is 112 Å². The van der Waals surface area contributed by atoms with E-state index < -0.39 is 16.1 Å². The molecule has 0 bridgehead atoms. The second-order valence-corrected chi connectivity index (χ2v) is 9.89. The molecule has 0 aliphatic rings. The summed E-state index contributed by atoms with van der Waals surface area (Å²) >= 11 is 0. The van der Waals surface area contributed by atoms with Gasteiger partial charge in [0.25, 0.3) is 0 Å². The first kappa shape index (κ1) is 23.9. The molecule has 0 aliphatic heterocycles.